The Kier molecular flexibility index (Phi) is 7.79. The van der Waals surface area contributed by atoms with Gasteiger partial charge < -0.3 is 19.7 Å². The molecule has 1 rings (SSSR count). The van der Waals surface area contributed by atoms with Gasteiger partial charge in [-0.3, -0.25) is 4.79 Å². The summed E-state index contributed by atoms with van der Waals surface area (Å²) in [7, 11) is 3.29. The van der Waals surface area contributed by atoms with Gasteiger partial charge >= 0.3 is 0 Å². The van der Waals surface area contributed by atoms with Crippen LogP contribution >= 0.6 is 0 Å². The largest absolute Gasteiger partial charge is 0.497 e. The molecule has 0 saturated carbocycles. The van der Waals surface area contributed by atoms with E-state index in [-0.39, 0.29) is 11.9 Å². The Hall–Kier alpha value is -1.59. The third-order valence-electron chi connectivity index (χ3n) is 3.46. The van der Waals surface area contributed by atoms with Crippen molar-refractivity contribution in [2.45, 2.75) is 19.9 Å². The SMILES string of the molecule is CCN(C(=O)CNCCOC)C(C)c1cccc(OC)c1. The molecule has 1 unspecified atom stereocenters. The molecule has 1 amide bonds. The lowest BCUT2D eigenvalue weighted by Crippen LogP contribution is -2.40. The Labute approximate surface area is 127 Å². The predicted molar refractivity (Wildman–Crippen MR) is 83.5 cm³/mol. The third kappa shape index (κ3) is 5.36. The Balaban J connectivity index is 2.66. The van der Waals surface area contributed by atoms with Crippen LogP contribution in [0, 0.1) is 0 Å². The minimum absolute atomic E-state index is 0.0156. The molecule has 1 N–H and O–H groups in total. The van der Waals surface area contributed by atoms with Crippen LogP contribution < -0.4 is 10.1 Å². The summed E-state index contributed by atoms with van der Waals surface area (Å²) in [4.78, 5) is 14.2. The number of likely N-dealkylation sites (N-methyl/N-ethyl adjacent to an activating group) is 1. The topological polar surface area (TPSA) is 50.8 Å². The highest BCUT2D eigenvalue weighted by atomic mass is 16.5. The quantitative estimate of drug-likeness (QED) is 0.706. The summed E-state index contributed by atoms with van der Waals surface area (Å²) in [6.07, 6.45) is 0. The standard InChI is InChI=1S/C16H26N2O3/c1-5-18(16(19)12-17-9-10-20-3)13(2)14-7-6-8-15(11-14)21-4/h6-8,11,13,17H,5,9-10,12H2,1-4H3. The molecule has 0 heterocycles. The van der Waals surface area contributed by atoms with Crippen molar-refractivity contribution >= 4 is 5.91 Å². The van der Waals surface area contributed by atoms with Crippen molar-refractivity contribution in [3.63, 3.8) is 0 Å². The summed E-state index contributed by atoms with van der Waals surface area (Å²) < 4.78 is 10.2. The summed E-state index contributed by atoms with van der Waals surface area (Å²) in [5.41, 5.74) is 1.07. The van der Waals surface area contributed by atoms with Crippen LogP contribution in [-0.4, -0.2) is 51.3 Å². The second-order valence-corrected chi connectivity index (χ2v) is 4.80. The molecule has 0 bridgehead atoms. The molecule has 0 radical (unpaired) electrons. The fourth-order valence-electron chi connectivity index (χ4n) is 2.22. The maximum Gasteiger partial charge on any atom is 0.237 e. The normalized spacial score (nSPS) is 12.0. The molecular formula is C16H26N2O3. The van der Waals surface area contributed by atoms with Crippen molar-refractivity contribution in [2.75, 3.05) is 40.5 Å². The summed E-state index contributed by atoms with van der Waals surface area (Å²) in [5.74, 6) is 0.894. The molecule has 0 fully saturated rings. The first kappa shape index (κ1) is 17.5. The Morgan fingerprint density at radius 2 is 2.14 bits per heavy atom. The van der Waals surface area contributed by atoms with Gasteiger partial charge in [-0.2, -0.15) is 0 Å². The van der Waals surface area contributed by atoms with Crippen LogP contribution in [0.15, 0.2) is 24.3 Å². The van der Waals surface area contributed by atoms with E-state index in [4.69, 9.17) is 9.47 Å². The van der Waals surface area contributed by atoms with Crippen LogP contribution in [-0.2, 0) is 9.53 Å². The van der Waals surface area contributed by atoms with E-state index in [1.54, 1.807) is 14.2 Å². The average molecular weight is 294 g/mol. The van der Waals surface area contributed by atoms with Gasteiger partial charge in [0.1, 0.15) is 5.75 Å². The number of methoxy groups -OCH3 is 2. The van der Waals surface area contributed by atoms with Crippen molar-refractivity contribution in [2.24, 2.45) is 0 Å². The highest BCUT2D eigenvalue weighted by Crippen LogP contribution is 2.23. The number of benzene rings is 1. The third-order valence-corrected chi connectivity index (χ3v) is 3.46. The first-order valence-electron chi connectivity index (χ1n) is 7.27. The van der Waals surface area contributed by atoms with Crippen LogP contribution in [0.1, 0.15) is 25.5 Å². The van der Waals surface area contributed by atoms with Gasteiger partial charge in [0.05, 0.1) is 26.3 Å². The van der Waals surface area contributed by atoms with Crippen molar-refractivity contribution in [1.29, 1.82) is 0 Å². The van der Waals surface area contributed by atoms with Crippen molar-refractivity contribution in [3.05, 3.63) is 29.8 Å². The predicted octanol–water partition coefficient (Wildman–Crippen LogP) is 1.84. The van der Waals surface area contributed by atoms with Crippen LogP contribution in [0.3, 0.4) is 0 Å². The lowest BCUT2D eigenvalue weighted by Gasteiger charge is -2.29. The average Bonchev–Trinajstić information content (AvgIpc) is 2.52. The van der Waals surface area contributed by atoms with E-state index in [1.807, 2.05) is 43.0 Å². The first-order chi connectivity index (χ1) is 10.1. The van der Waals surface area contributed by atoms with Crippen molar-refractivity contribution < 1.29 is 14.3 Å². The number of nitrogens with zero attached hydrogens (tertiary/aromatic N) is 1. The molecule has 0 aliphatic heterocycles. The van der Waals surface area contributed by atoms with Gasteiger partial charge in [0, 0.05) is 20.2 Å². The Morgan fingerprint density at radius 1 is 1.38 bits per heavy atom. The van der Waals surface area contributed by atoms with Gasteiger partial charge in [0.25, 0.3) is 0 Å². The van der Waals surface area contributed by atoms with Gasteiger partial charge in [-0.15, -0.1) is 0 Å². The van der Waals surface area contributed by atoms with E-state index in [0.717, 1.165) is 11.3 Å². The van der Waals surface area contributed by atoms with Gasteiger partial charge in [-0.05, 0) is 31.5 Å². The monoisotopic (exact) mass is 294 g/mol. The number of amides is 1. The molecule has 21 heavy (non-hydrogen) atoms. The zero-order chi connectivity index (χ0) is 15.7. The molecular weight excluding hydrogens is 268 g/mol. The Bertz CT molecular complexity index is 437. The zero-order valence-corrected chi connectivity index (χ0v) is 13.4. The Morgan fingerprint density at radius 3 is 2.76 bits per heavy atom. The highest BCUT2D eigenvalue weighted by molar-refractivity contribution is 5.78. The van der Waals surface area contributed by atoms with Gasteiger partial charge in [-0.1, -0.05) is 12.1 Å². The molecule has 0 aliphatic rings. The van der Waals surface area contributed by atoms with E-state index in [9.17, 15) is 4.79 Å². The van der Waals surface area contributed by atoms with Gasteiger partial charge in [-0.25, -0.2) is 0 Å². The molecule has 0 saturated heterocycles. The summed E-state index contributed by atoms with van der Waals surface area (Å²) in [6, 6.07) is 7.85. The van der Waals surface area contributed by atoms with E-state index >= 15 is 0 Å². The number of carbonyl (C=O) groups excluding carboxylic acids is 1. The maximum atomic E-state index is 12.3. The van der Waals surface area contributed by atoms with E-state index in [1.165, 1.54) is 0 Å². The van der Waals surface area contributed by atoms with E-state index in [2.05, 4.69) is 5.32 Å². The van der Waals surface area contributed by atoms with Crippen LogP contribution in [0.4, 0.5) is 0 Å². The van der Waals surface area contributed by atoms with Crippen LogP contribution in [0.5, 0.6) is 5.75 Å². The first-order valence-corrected chi connectivity index (χ1v) is 7.27. The van der Waals surface area contributed by atoms with Gasteiger partial charge in [0.2, 0.25) is 5.91 Å². The molecule has 1 aromatic rings. The van der Waals surface area contributed by atoms with Crippen LogP contribution in [0.2, 0.25) is 0 Å². The van der Waals surface area contributed by atoms with E-state index in [0.29, 0.717) is 26.2 Å². The highest BCUT2D eigenvalue weighted by Gasteiger charge is 2.19. The fraction of sp³-hybridized carbons (Fsp3) is 0.562. The van der Waals surface area contributed by atoms with E-state index < -0.39 is 0 Å². The number of hydrogen-bond donors (Lipinski definition) is 1. The molecule has 0 spiro atoms. The summed E-state index contributed by atoms with van der Waals surface area (Å²) in [6.45, 7) is 6.29. The van der Waals surface area contributed by atoms with Crippen LogP contribution in [0.25, 0.3) is 0 Å². The number of rotatable bonds is 9. The minimum Gasteiger partial charge on any atom is -0.497 e. The van der Waals surface area contributed by atoms with Crippen molar-refractivity contribution in [1.82, 2.24) is 10.2 Å². The maximum absolute atomic E-state index is 12.3. The number of carbonyl (C=O) groups is 1. The molecule has 0 aromatic heterocycles. The number of hydrogen-bond acceptors (Lipinski definition) is 4. The van der Waals surface area contributed by atoms with Crippen molar-refractivity contribution in [3.8, 4) is 5.75 Å². The molecule has 5 heteroatoms. The lowest BCUT2D eigenvalue weighted by molar-refractivity contribution is -0.132. The number of ether oxygens (including phenoxy) is 2. The lowest BCUT2D eigenvalue weighted by atomic mass is 10.1. The molecule has 1 aromatic carbocycles. The fourth-order valence-corrected chi connectivity index (χ4v) is 2.22. The second-order valence-electron chi connectivity index (χ2n) is 4.80. The second kappa shape index (κ2) is 9.37. The minimum atomic E-state index is 0.0156. The smallest absolute Gasteiger partial charge is 0.237 e. The molecule has 5 nitrogen and oxygen atoms in total. The zero-order valence-electron chi connectivity index (χ0n) is 13.4. The number of nitrogens with one attached hydrogen (secondary N) is 1. The molecule has 0 aliphatic carbocycles. The molecule has 1 atom stereocenters. The van der Waals surface area contributed by atoms with Gasteiger partial charge in [0.15, 0.2) is 0 Å². The molecule has 118 valence electrons. The summed E-state index contributed by atoms with van der Waals surface area (Å²) >= 11 is 0. The summed E-state index contributed by atoms with van der Waals surface area (Å²) in [5, 5.41) is 3.09.